The van der Waals surface area contributed by atoms with E-state index in [9.17, 15) is 14.4 Å². The van der Waals surface area contributed by atoms with E-state index in [1.54, 1.807) is 17.0 Å². The highest BCUT2D eigenvalue weighted by atomic mass is 16.6. The molecule has 1 aliphatic rings. The number of hydrogen-bond acceptors (Lipinski definition) is 5. The van der Waals surface area contributed by atoms with Crippen LogP contribution in [0.1, 0.15) is 44.0 Å². The molecule has 8 nitrogen and oxygen atoms in total. The average molecular weight is 348 g/mol. The average Bonchev–Trinajstić information content (AvgIpc) is 2.58. The molecule has 8 heteroatoms. The lowest BCUT2D eigenvalue weighted by atomic mass is 9.96. The molecule has 0 bridgehead atoms. The van der Waals surface area contributed by atoms with Gasteiger partial charge in [0.25, 0.3) is 5.91 Å². The molecule has 1 saturated heterocycles. The number of aromatic nitrogens is 1. The van der Waals surface area contributed by atoms with Crippen molar-refractivity contribution in [2.75, 3.05) is 13.1 Å². The van der Waals surface area contributed by atoms with Crippen molar-refractivity contribution in [3.63, 3.8) is 0 Å². The summed E-state index contributed by atoms with van der Waals surface area (Å²) < 4.78 is 5.33. The number of carbonyl (C=O) groups is 3. The van der Waals surface area contributed by atoms with Gasteiger partial charge in [0.2, 0.25) is 5.91 Å². The van der Waals surface area contributed by atoms with Gasteiger partial charge in [-0.05, 0) is 45.7 Å². The molecule has 0 radical (unpaired) electrons. The van der Waals surface area contributed by atoms with Gasteiger partial charge in [-0.15, -0.1) is 0 Å². The van der Waals surface area contributed by atoms with Crippen LogP contribution in [0, 0.1) is 5.92 Å². The second-order valence-electron chi connectivity index (χ2n) is 6.92. The molecule has 0 saturated carbocycles. The number of rotatable bonds is 2. The molecule has 1 aliphatic heterocycles. The van der Waals surface area contributed by atoms with E-state index in [0.29, 0.717) is 31.5 Å². The Morgan fingerprint density at radius 2 is 1.72 bits per heavy atom. The van der Waals surface area contributed by atoms with E-state index in [1.807, 2.05) is 20.8 Å². The Balaban J connectivity index is 1.76. The summed E-state index contributed by atoms with van der Waals surface area (Å²) in [6, 6.07) is 3.11. The zero-order valence-electron chi connectivity index (χ0n) is 14.7. The minimum absolute atomic E-state index is 0.253. The molecule has 1 fully saturated rings. The first-order chi connectivity index (χ1) is 11.8. The molecule has 1 aromatic rings. The summed E-state index contributed by atoms with van der Waals surface area (Å²) >= 11 is 0. The van der Waals surface area contributed by atoms with Crippen molar-refractivity contribution in [2.45, 2.75) is 39.2 Å². The summed E-state index contributed by atoms with van der Waals surface area (Å²) in [5.74, 6) is -0.912. The van der Waals surface area contributed by atoms with Crippen LogP contribution in [0.15, 0.2) is 24.5 Å². The molecule has 0 atom stereocenters. The predicted molar refractivity (Wildman–Crippen MR) is 90.4 cm³/mol. The maximum atomic E-state index is 12.2. The highest BCUT2D eigenvalue weighted by Crippen LogP contribution is 2.19. The van der Waals surface area contributed by atoms with Crippen LogP contribution in [0.5, 0.6) is 0 Å². The minimum atomic E-state index is -0.539. The molecule has 0 spiro atoms. The number of nitrogens with zero attached hydrogens (tertiary/aromatic N) is 2. The van der Waals surface area contributed by atoms with E-state index in [4.69, 9.17) is 4.74 Å². The van der Waals surface area contributed by atoms with E-state index in [1.165, 1.54) is 12.4 Å². The van der Waals surface area contributed by atoms with Gasteiger partial charge in [0.05, 0.1) is 0 Å². The minimum Gasteiger partial charge on any atom is -0.444 e. The van der Waals surface area contributed by atoms with E-state index < -0.39 is 11.5 Å². The highest BCUT2D eigenvalue weighted by molar-refractivity contribution is 5.95. The SMILES string of the molecule is CC(C)(C)OC(=O)N1CCC(C(=O)NNC(=O)c2ccncc2)CC1. The fraction of sp³-hybridized carbons (Fsp3) is 0.529. The second kappa shape index (κ2) is 7.96. The largest absolute Gasteiger partial charge is 0.444 e. The number of carbonyl (C=O) groups excluding carboxylic acids is 3. The van der Waals surface area contributed by atoms with Gasteiger partial charge in [-0.25, -0.2) is 4.79 Å². The van der Waals surface area contributed by atoms with Gasteiger partial charge < -0.3 is 9.64 Å². The Labute approximate surface area is 146 Å². The first-order valence-electron chi connectivity index (χ1n) is 8.24. The van der Waals surface area contributed by atoms with Gasteiger partial charge in [-0.2, -0.15) is 0 Å². The number of pyridine rings is 1. The number of amides is 3. The zero-order valence-corrected chi connectivity index (χ0v) is 14.7. The summed E-state index contributed by atoms with van der Waals surface area (Å²) in [6.07, 6.45) is 3.69. The van der Waals surface area contributed by atoms with Crippen LogP contribution in [0.3, 0.4) is 0 Å². The number of nitrogens with one attached hydrogen (secondary N) is 2. The van der Waals surface area contributed by atoms with Crippen LogP contribution in [0.2, 0.25) is 0 Å². The quantitative estimate of drug-likeness (QED) is 0.789. The Morgan fingerprint density at radius 3 is 2.28 bits per heavy atom. The number of piperidine rings is 1. The molecule has 0 unspecified atom stereocenters. The molecular formula is C17H24N4O4. The molecule has 3 amide bonds. The van der Waals surface area contributed by atoms with Crippen LogP contribution in [-0.2, 0) is 9.53 Å². The van der Waals surface area contributed by atoms with E-state index >= 15 is 0 Å². The molecule has 1 aromatic heterocycles. The molecule has 0 aromatic carbocycles. The second-order valence-corrected chi connectivity index (χ2v) is 6.92. The van der Waals surface area contributed by atoms with Crippen LogP contribution in [0.4, 0.5) is 4.79 Å². The van der Waals surface area contributed by atoms with E-state index in [-0.39, 0.29) is 17.9 Å². The fourth-order valence-corrected chi connectivity index (χ4v) is 2.45. The molecule has 2 heterocycles. The van der Waals surface area contributed by atoms with Crippen molar-refractivity contribution in [1.82, 2.24) is 20.7 Å². The van der Waals surface area contributed by atoms with Crippen molar-refractivity contribution < 1.29 is 19.1 Å². The lowest BCUT2D eigenvalue weighted by molar-refractivity contribution is -0.127. The van der Waals surface area contributed by atoms with Crippen LogP contribution >= 0.6 is 0 Å². The van der Waals surface area contributed by atoms with Gasteiger partial charge in [-0.3, -0.25) is 25.4 Å². The third kappa shape index (κ3) is 5.74. The van der Waals surface area contributed by atoms with Gasteiger partial charge in [-0.1, -0.05) is 0 Å². The molecule has 136 valence electrons. The maximum absolute atomic E-state index is 12.2. The summed E-state index contributed by atoms with van der Waals surface area (Å²) in [5.41, 5.74) is 4.70. The Hall–Kier alpha value is -2.64. The van der Waals surface area contributed by atoms with Crippen molar-refractivity contribution in [3.8, 4) is 0 Å². The third-order valence-electron chi connectivity index (χ3n) is 3.76. The molecular weight excluding hydrogens is 324 g/mol. The van der Waals surface area contributed by atoms with Crippen molar-refractivity contribution in [2.24, 2.45) is 5.92 Å². The topological polar surface area (TPSA) is 101 Å². The van der Waals surface area contributed by atoms with Crippen LogP contribution in [0.25, 0.3) is 0 Å². The van der Waals surface area contributed by atoms with Gasteiger partial charge in [0, 0.05) is 37.0 Å². The van der Waals surface area contributed by atoms with Crippen molar-refractivity contribution >= 4 is 17.9 Å². The lowest BCUT2D eigenvalue weighted by Gasteiger charge is -2.32. The Bertz CT molecular complexity index is 619. The number of hydrazine groups is 1. The number of hydrogen-bond donors (Lipinski definition) is 2. The normalized spacial score (nSPS) is 15.4. The summed E-state index contributed by atoms with van der Waals surface area (Å²) in [4.78, 5) is 41.5. The molecule has 2 N–H and O–H groups in total. The summed E-state index contributed by atoms with van der Waals surface area (Å²) in [7, 11) is 0. The summed E-state index contributed by atoms with van der Waals surface area (Å²) in [5, 5.41) is 0. The zero-order chi connectivity index (χ0) is 18.4. The monoisotopic (exact) mass is 348 g/mol. The van der Waals surface area contributed by atoms with E-state index in [2.05, 4.69) is 15.8 Å². The maximum Gasteiger partial charge on any atom is 0.410 e. The first-order valence-corrected chi connectivity index (χ1v) is 8.24. The smallest absolute Gasteiger partial charge is 0.410 e. The fourth-order valence-electron chi connectivity index (χ4n) is 2.45. The van der Waals surface area contributed by atoms with Gasteiger partial charge in [0.1, 0.15) is 5.60 Å². The predicted octanol–water partition coefficient (Wildman–Crippen LogP) is 1.49. The first kappa shape index (κ1) is 18.7. The van der Waals surface area contributed by atoms with Crippen LogP contribution in [-0.4, -0.2) is 46.5 Å². The van der Waals surface area contributed by atoms with Crippen molar-refractivity contribution in [3.05, 3.63) is 30.1 Å². The Morgan fingerprint density at radius 1 is 1.12 bits per heavy atom. The lowest BCUT2D eigenvalue weighted by Crippen LogP contribution is -2.48. The Kier molecular flexibility index (Phi) is 5.95. The van der Waals surface area contributed by atoms with E-state index in [0.717, 1.165) is 0 Å². The molecule has 25 heavy (non-hydrogen) atoms. The summed E-state index contributed by atoms with van der Waals surface area (Å²) in [6.45, 7) is 6.35. The standard InChI is InChI=1S/C17H24N4O4/c1-17(2,3)25-16(24)21-10-6-13(7-11-21)15(23)20-19-14(22)12-4-8-18-9-5-12/h4-5,8-9,13H,6-7,10-11H2,1-3H3,(H,19,22)(H,20,23). The number of likely N-dealkylation sites (tertiary alicyclic amines) is 1. The third-order valence-corrected chi connectivity index (χ3v) is 3.76. The molecule has 0 aliphatic carbocycles. The van der Waals surface area contributed by atoms with Crippen LogP contribution < -0.4 is 10.9 Å². The molecule has 2 rings (SSSR count). The van der Waals surface area contributed by atoms with Gasteiger partial charge >= 0.3 is 6.09 Å². The highest BCUT2D eigenvalue weighted by Gasteiger charge is 2.30. The number of ether oxygens (including phenoxy) is 1. The van der Waals surface area contributed by atoms with Crippen molar-refractivity contribution in [1.29, 1.82) is 0 Å². The van der Waals surface area contributed by atoms with Gasteiger partial charge in [0.15, 0.2) is 0 Å².